The van der Waals surface area contributed by atoms with Crippen molar-refractivity contribution in [1.29, 1.82) is 0 Å². The second kappa shape index (κ2) is 5.75. The van der Waals surface area contributed by atoms with Crippen LogP contribution in [0.4, 0.5) is 5.69 Å². The number of hydrogen-bond acceptors (Lipinski definition) is 5. The van der Waals surface area contributed by atoms with Gasteiger partial charge in [0, 0.05) is 5.41 Å². The summed E-state index contributed by atoms with van der Waals surface area (Å²) in [6.07, 6.45) is 1.50. The van der Waals surface area contributed by atoms with E-state index in [2.05, 4.69) is 35.8 Å². The molecule has 106 valence electrons. The zero-order chi connectivity index (χ0) is 14.9. The minimum absolute atomic E-state index is 0.238. The molecule has 0 aromatic carbocycles. The number of aromatic nitrogens is 3. The zero-order valence-corrected chi connectivity index (χ0v) is 14.2. The molecule has 2 aromatic heterocycles. The van der Waals surface area contributed by atoms with Crippen LogP contribution >= 0.6 is 39.1 Å². The standard InChI is InChI=1S/C12H12BrClN4OS/c1-12(2,3)9-8(20-18-17-9)11(19)16-6-4-7(13)10(14)15-5-6/h4-5H,1-3H3,(H,16,19). The van der Waals surface area contributed by atoms with Gasteiger partial charge in [0.1, 0.15) is 10.0 Å². The van der Waals surface area contributed by atoms with Gasteiger partial charge in [-0.05, 0) is 33.5 Å². The Labute approximate surface area is 134 Å². The Morgan fingerprint density at radius 2 is 2.15 bits per heavy atom. The van der Waals surface area contributed by atoms with Crippen LogP contribution in [0.1, 0.15) is 36.1 Å². The number of amides is 1. The average molecular weight is 376 g/mol. The molecule has 5 nitrogen and oxygen atoms in total. The second-order valence-electron chi connectivity index (χ2n) is 5.15. The summed E-state index contributed by atoms with van der Waals surface area (Å²) < 4.78 is 4.49. The van der Waals surface area contributed by atoms with Crippen LogP contribution in [0.5, 0.6) is 0 Å². The van der Waals surface area contributed by atoms with Crippen LogP contribution < -0.4 is 5.32 Å². The third-order valence-electron chi connectivity index (χ3n) is 2.46. The van der Waals surface area contributed by atoms with E-state index in [4.69, 9.17) is 11.6 Å². The summed E-state index contributed by atoms with van der Waals surface area (Å²) in [7, 11) is 0. The van der Waals surface area contributed by atoms with E-state index in [1.54, 1.807) is 6.07 Å². The largest absolute Gasteiger partial charge is 0.320 e. The molecule has 0 saturated heterocycles. The molecule has 2 heterocycles. The van der Waals surface area contributed by atoms with Gasteiger partial charge in [-0.15, -0.1) is 5.10 Å². The highest BCUT2D eigenvalue weighted by molar-refractivity contribution is 9.10. The Balaban J connectivity index is 2.25. The number of rotatable bonds is 2. The van der Waals surface area contributed by atoms with E-state index < -0.39 is 0 Å². The summed E-state index contributed by atoms with van der Waals surface area (Å²) in [5, 5.41) is 7.15. The number of nitrogens with one attached hydrogen (secondary N) is 1. The van der Waals surface area contributed by atoms with E-state index in [1.807, 2.05) is 20.8 Å². The van der Waals surface area contributed by atoms with Crippen molar-refractivity contribution in [3.05, 3.63) is 32.5 Å². The number of pyridine rings is 1. The Morgan fingerprint density at radius 1 is 1.45 bits per heavy atom. The van der Waals surface area contributed by atoms with Crippen LogP contribution in [0.3, 0.4) is 0 Å². The predicted molar refractivity (Wildman–Crippen MR) is 83.5 cm³/mol. The van der Waals surface area contributed by atoms with Gasteiger partial charge in [0.05, 0.1) is 22.1 Å². The van der Waals surface area contributed by atoms with Crippen LogP contribution in [0.25, 0.3) is 0 Å². The van der Waals surface area contributed by atoms with Crippen LogP contribution in [-0.2, 0) is 5.41 Å². The van der Waals surface area contributed by atoms with Gasteiger partial charge >= 0.3 is 0 Å². The molecule has 0 bridgehead atoms. The molecule has 0 fully saturated rings. The monoisotopic (exact) mass is 374 g/mol. The molecule has 20 heavy (non-hydrogen) atoms. The molecular weight excluding hydrogens is 364 g/mol. The number of carbonyl (C=O) groups is 1. The van der Waals surface area contributed by atoms with Crippen molar-refractivity contribution >= 4 is 50.7 Å². The van der Waals surface area contributed by atoms with Gasteiger partial charge in [-0.25, -0.2) is 4.98 Å². The third-order valence-corrected chi connectivity index (χ3v) is 4.32. The summed E-state index contributed by atoms with van der Waals surface area (Å²) in [6.45, 7) is 5.96. The highest BCUT2D eigenvalue weighted by atomic mass is 79.9. The lowest BCUT2D eigenvalue weighted by Gasteiger charge is -2.16. The highest BCUT2D eigenvalue weighted by Crippen LogP contribution is 2.27. The molecule has 0 aliphatic carbocycles. The smallest absolute Gasteiger partial charge is 0.269 e. The van der Waals surface area contributed by atoms with Crippen molar-refractivity contribution in [3.63, 3.8) is 0 Å². The maximum atomic E-state index is 12.3. The van der Waals surface area contributed by atoms with Gasteiger partial charge in [-0.2, -0.15) is 0 Å². The Kier molecular flexibility index (Phi) is 4.41. The van der Waals surface area contributed by atoms with Crippen LogP contribution in [0, 0.1) is 0 Å². The van der Waals surface area contributed by atoms with E-state index in [-0.39, 0.29) is 11.3 Å². The fourth-order valence-electron chi connectivity index (χ4n) is 1.51. The van der Waals surface area contributed by atoms with Gasteiger partial charge in [-0.1, -0.05) is 36.9 Å². The third kappa shape index (κ3) is 3.34. The molecule has 0 saturated carbocycles. The van der Waals surface area contributed by atoms with E-state index in [0.29, 0.717) is 25.9 Å². The molecule has 2 rings (SSSR count). The number of nitrogens with zero attached hydrogens (tertiary/aromatic N) is 3. The molecule has 1 amide bonds. The van der Waals surface area contributed by atoms with E-state index in [1.165, 1.54) is 6.20 Å². The van der Waals surface area contributed by atoms with Crippen molar-refractivity contribution in [2.24, 2.45) is 0 Å². The fourth-order valence-corrected chi connectivity index (χ4v) is 2.73. The van der Waals surface area contributed by atoms with Gasteiger partial charge < -0.3 is 5.32 Å². The molecule has 2 aromatic rings. The average Bonchev–Trinajstić information content (AvgIpc) is 2.83. The summed E-state index contributed by atoms with van der Waals surface area (Å²) in [5.41, 5.74) is 0.999. The quantitative estimate of drug-likeness (QED) is 0.808. The van der Waals surface area contributed by atoms with Crippen molar-refractivity contribution in [3.8, 4) is 0 Å². The van der Waals surface area contributed by atoms with Gasteiger partial charge in [0.25, 0.3) is 5.91 Å². The van der Waals surface area contributed by atoms with Crippen molar-refractivity contribution in [2.75, 3.05) is 5.32 Å². The Bertz CT molecular complexity index is 653. The molecule has 0 atom stereocenters. The molecule has 0 unspecified atom stereocenters. The summed E-state index contributed by atoms with van der Waals surface area (Å²) in [4.78, 5) is 16.7. The zero-order valence-electron chi connectivity index (χ0n) is 11.1. The second-order valence-corrected chi connectivity index (χ2v) is 7.12. The minimum atomic E-state index is -0.249. The highest BCUT2D eigenvalue weighted by Gasteiger charge is 2.26. The number of carbonyl (C=O) groups excluding carboxylic acids is 1. The van der Waals surface area contributed by atoms with Crippen LogP contribution in [0.2, 0.25) is 5.15 Å². The van der Waals surface area contributed by atoms with Crippen molar-refractivity contribution in [2.45, 2.75) is 26.2 Å². The van der Waals surface area contributed by atoms with Gasteiger partial charge in [0.15, 0.2) is 0 Å². The molecule has 0 radical (unpaired) electrons. The predicted octanol–water partition coefficient (Wildman–Crippen LogP) is 3.90. The van der Waals surface area contributed by atoms with E-state index >= 15 is 0 Å². The lowest BCUT2D eigenvalue weighted by molar-refractivity contribution is 0.102. The number of hydrogen-bond donors (Lipinski definition) is 1. The molecule has 8 heteroatoms. The normalized spacial score (nSPS) is 11.4. The summed E-state index contributed by atoms with van der Waals surface area (Å²) in [5.74, 6) is -0.249. The van der Waals surface area contributed by atoms with Crippen LogP contribution in [0.15, 0.2) is 16.7 Å². The number of anilines is 1. The first-order valence-electron chi connectivity index (χ1n) is 5.74. The SMILES string of the molecule is CC(C)(C)c1nnsc1C(=O)Nc1cnc(Cl)c(Br)c1. The first-order valence-corrected chi connectivity index (χ1v) is 7.68. The Morgan fingerprint density at radius 3 is 2.75 bits per heavy atom. The molecule has 0 aliphatic heterocycles. The minimum Gasteiger partial charge on any atom is -0.320 e. The fraction of sp³-hybridized carbons (Fsp3) is 0.333. The molecule has 1 N–H and O–H groups in total. The van der Waals surface area contributed by atoms with E-state index in [0.717, 1.165) is 11.5 Å². The Hall–Kier alpha value is -1.05. The van der Waals surface area contributed by atoms with Gasteiger partial charge in [0.2, 0.25) is 0 Å². The first-order chi connectivity index (χ1) is 9.29. The number of halogens is 2. The summed E-state index contributed by atoms with van der Waals surface area (Å²) in [6, 6.07) is 1.69. The summed E-state index contributed by atoms with van der Waals surface area (Å²) >= 11 is 10.2. The first kappa shape index (κ1) is 15.3. The maximum absolute atomic E-state index is 12.3. The van der Waals surface area contributed by atoms with Crippen LogP contribution in [-0.4, -0.2) is 20.5 Å². The maximum Gasteiger partial charge on any atom is 0.269 e. The van der Waals surface area contributed by atoms with Crippen molar-refractivity contribution < 1.29 is 4.79 Å². The van der Waals surface area contributed by atoms with Crippen molar-refractivity contribution in [1.82, 2.24) is 14.6 Å². The molecule has 0 spiro atoms. The topological polar surface area (TPSA) is 67.8 Å². The van der Waals surface area contributed by atoms with E-state index in [9.17, 15) is 4.79 Å². The molecular formula is C12H12BrClN4OS. The molecule has 0 aliphatic rings. The lowest BCUT2D eigenvalue weighted by Crippen LogP contribution is -2.19. The van der Waals surface area contributed by atoms with Gasteiger partial charge in [-0.3, -0.25) is 4.79 Å². The lowest BCUT2D eigenvalue weighted by atomic mass is 9.91.